The Morgan fingerprint density at radius 3 is 2.38 bits per heavy atom. The maximum absolute atomic E-state index is 12.0. The molecule has 0 radical (unpaired) electrons. The Hall–Kier alpha value is -1.06. The number of likely N-dealkylation sites (tertiary alicyclic amines) is 1. The van der Waals surface area contributed by atoms with Gasteiger partial charge in [0, 0.05) is 12.5 Å². The lowest BCUT2D eigenvalue weighted by Gasteiger charge is -2.38. The normalized spacial score (nSPS) is 30.0. The highest BCUT2D eigenvalue weighted by Crippen LogP contribution is 2.40. The van der Waals surface area contributed by atoms with E-state index in [2.05, 4.69) is 0 Å². The van der Waals surface area contributed by atoms with Gasteiger partial charge < -0.3 is 10.0 Å². The minimum Gasteiger partial charge on any atom is -0.481 e. The van der Waals surface area contributed by atoms with E-state index in [1.807, 2.05) is 18.7 Å². The summed E-state index contributed by atoms with van der Waals surface area (Å²) >= 11 is 0. The van der Waals surface area contributed by atoms with Crippen LogP contribution in [0, 0.1) is 5.92 Å². The maximum atomic E-state index is 12.0. The first-order valence-electron chi connectivity index (χ1n) is 5.99. The molecule has 0 aromatic carbocycles. The van der Waals surface area contributed by atoms with Gasteiger partial charge in [0.2, 0.25) is 5.91 Å². The maximum Gasteiger partial charge on any atom is 0.309 e. The molecule has 90 valence electrons. The highest BCUT2D eigenvalue weighted by molar-refractivity contribution is 5.88. The Morgan fingerprint density at radius 2 is 1.94 bits per heavy atom. The molecule has 2 fully saturated rings. The molecule has 1 saturated heterocycles. The average molecular weight is 225 g/mol. The number of amides is 1. The molecule has 16 heavy (non-hydrogen) atoms. The number of aliphatic carboxylic acids is 1. The number of carbonyl (C=O) groups excluding carboxylic acids is 1. The van der Waals surface area contributed by atoms with Crippen molar-refractivity contribution in [3.05, 3.63) is 0 Å². The SMILES string of the molecule is CC1(C)C(C(=O)O)CC(=O)N1C1CCCC1. The lowest BCUT2D eigenvalue weighted by atomic mass is 9.88. The molecule has 1 unspecified atom stereocenters. The van der Waals surface area contributed by atoms with E-state index in [9.17, 15) is 9.59 Å². The summed E-state index contributed by atoms with van der Waals surface area (Å²) < 4.78 is 0. The summed E-state index contributed by atoms with van der Waals surface area (Å²) in [6, 6.07) is 0.270. The minimum atomic E-state index is -0.848. The van der Waals surface area contributed by atoms with Gasteiger partial charge in [-0.25, -0.2) is 0 Å². The zero-order chi connectivity index (χ0) is 11.9. The first-order valence-corrected chi connectivity index (χ1v) is 5.99. The summed E-state index contributed by atoms with van der Waals surface area (Å²) in [5.41, 5.74) is -0.530. The number of carbonyl (C=O) groups is 2. The lowest BCUT2D eigenvalue weighted by molar-refractivity contribution is -0.144. The predicted molar refractivity (Wildman–Crippen MR) is 58.9 cm³/mol. The second-order valence-corrected chi connectivity index (χ2v) is 5.45. The van der Waals surface area contributed by atoms with Crippen LogP contribution in [0.5, 0.6) is 0 Å². The molecular formula is C12H19NO3. The van der Waals surface area contributed by atoms with E-state index >= 15 is 0 Å². The van der Waals surface area contributed by atoms with Crippen LogP contribution < -0.4 is 0 Å². The Bertz CT molecular complexity index is 318. The third-order valence-corrected chi connectivity index (χ3v) is 4.11. The summed E-state index contributed by atoms with van der Waals surface area (Å²) in [6.45, 7) is 3.77. The molecule has 1 amide bonds. The van der Waals surface area contributed by atoms with Gasteiger partial charge in [-0.2, -0.15) is 0 Å². The number of carboxylic acids is 1. The molecule has 4 nitrogen and oxygen atoms in total. The first kappa shape index (κ1) is 11.4. The van der Waals surface area contributed by atoms with Crippen LogP contribution in [0.1, 0.15) is 46.0 Å². The minimum absolute atomic E-state index is 0.0179. The van der Waals surface area contributed by atoms with Gasteiger partial charge in [0.15, 0.2) is 0 Å². The molecule has 4 heteroatoms. The topological polar surface area (TPSA) is 57.6 Å². The quantitative estimate of drug-likeness (QED) is 0.777. The van der Waals surface area contributed by atoms with Crippen molar-refractivity contribution in [2.24, 2.45) is 5.92 Å². The van der Waals surface area contributed by atoms with E-state index in [0.717, 1.165) is 25.7 Å². The molecule has 0 aromatic heterocycles. The van der Waals surface area contributed by atoms with Gasteiger partial charge in [-0.05, 0) is 26.7 Å². The Labute approximate surface area is 95.6 Å². The van der Waals surface area contributed by atoms with Crippen molar-refractivity contribution in [3.8, 4) is 0 Å². The van der Waals surface area contributed by atoms with Gasteiger partial charge in [0.25, 0.3) is 0 Å². The highest BCUT2D eigenvalue weighted by atomic mass is 16.4. The molecule has 1 atom stereocenters. The van der Waals surface area contributed by atoms with Gasteiger partial charge in [0.05, 0.1) is 11.5 Å². The number of nitrogens with zero attached hydrogens (tertiary/aromatic N) is 1. The predicted octanol–water partition coefficient (Wildman–Crippen LogP) is 1.64. The molecule has 0 bridgehead atoms. The molecule has 2 aliphatic rings. The van der Waals surface area contributed by atoms with Crippen LogP contribution in [0.15, 0.2) is 0 Å². The zero-order valence-corrected chi connectivity index (χ0v) is 9.90. The summed E-state index contributed by atoms with van der Waals surface area (Å²) in [6.07, 6.45) is 4.53. The van der Waals surface area contributed by atoms with E-state index < -0.39 is 17.4 Å². The van der Waals surface area contributed by atoms with Crippen LogP contribution >= 0.6 is 0 Å². The van der Waals surface area contributed by atoms with E-state index in [0.29, 0.717) is 0 Å². The first-order chi connectivity index (χ1) is 7.44. The van der Waals surface area contributed by atoms with Crippen molar-refractivity contribution in [1.82, 2.24) is 4.90 Å². The van der Waals surface area contributed by atoms with Crippen LogP contribution in [-0.2, 0) is 9.59 Å². The summed E-state index contributed by atoms with van der Waals surface area (Å²) in [5, 5.41) is 9.15. The van der Waals surface area contributed by atoms with E-state index in [4.69, 9.17) is 5.11 Å². The Morgan fingerprint density at radius 1 is 1.38 bits per heavy atom. The van der Waals surface area contributed by atoms with Gasteiger partial charge in [0.1, 0.15) is 0 Å². The summed E-state index contributed by atoms with van der Waals surface area (Å²) in [5.74, 6) is -1.39. The molecule has 1 saturated carbocycles. The molecule has 0 spiro atoms. The van der Waals surface area contributed by atoms with Crippen LogP contribution in [0.2, 0.25) is 0 Å². The van der Waals surface area contributed by atoms with E-state index in [1.165, 1.54) is 0 Å². The van der Waals surface area contributed by atoms with Gasteiger partial charge in [-0.3, -0.25) is 9.59 Å². The Balaban J connectivity index is 2.24. The van der Waals surface area contributed by atoms with E-state index in [1.54, 1.807) is 0 Å². The number of carboxylic acid groups (broad SMARTS) is 1. The van der Waals surface area contributed by atoms with Gasteiger partial charge in [-0.15, -0.1) is 0 Å². The van der Waals surface area contributed by atoms with E-state index in [-0.39, 0.29) is 18.4 Å². The van der Waals surface area contributed by atoms with Crippen molar-refractivity contribution < 1.29 is 14.7 Å². The zero-order valence-electron chi connectivity index (χ0n) is 9.90. The third kappa shape index (κ3) is 1.60. The van der Waals surface area contributed by atoms with Crippen LogP contribution in [-0.4, -0.2) is 33.5 Å². The van der Waals surface area contributed by atoms with Crippen molar-refractivity contribution in [1.29, 1.82) is 0 Å². The number of rotatable bonds is 2. The van der Waals surface area contributed by atoms with Crippen molar-refractivity contribution in [3.63, 3.8) is 0 Å². The molecule has 1 N–H and O–H groups in total. The van der Waals surface area contributed by atoms with Crippen molar-refractivity contribution >= 4 is 11.9 Å². The van der Waals surface area contributed by atoms with Crippen LogP contribution in [0.4, 0.5) is 0 Å². The van der Waals surface area contributed by atoms with Gasteiger partial charge >= 0.3 is 5.97 Å². The van der Waals surface area contributed by atoms with Crippen molar-refractivity contribution in [2.75, 3.05) is 0 Å². The second-order valence-electron chi connectivity index (χ2n) is 5.45. The molecular weight excluding hydrogens is 206 g/mol. The fourth-order valence-corrected chi connectivity index (χ4v) is 3.24. The molecule has 1 aliphatic heterocycles. The highest BCUT2D eigenvalue weighted by Gasteiger charge is 2.52. The van der Waals surface area contributed by atoms with Gasteiger partial charge in [-0.1, -0.05) is 12.8 Å². The molecule has 1 heterocycles. The largest absolute Gasteiger partial charge is 0.481 e. The standard InChI is InChI=1S/C12H19NO3/c1-12(2)9(11(15)16)7-10(14)13(12)8-5-3-4-6-8/h8-9H,3-7H2,1-2H3,(H,15,16). The fraction of sp³-hybridized carbons (Fsp3) is 0.833. The van der Waals surface area contributed by atoms with Crippen LogP contribution in [0.25, 0.3) is 0 Å². The monoisotopic (exact) mass is 225 g/mol. The molecule has 1 aliphatic carbocycles. The second kappa shape index (κ2) is 3.75. The molecule has 2 rings (SSSR count). The summed E-state index contributed by atoms with van der Waals surface area (Å²) in [7, 11) is 0. The molecule has 0 aromatic rings. The Kier molecular flexibility index (Phi) is 2.68. The lowest BCUT2D eigenvalue weighted by Crippen LogP contribution is -2.50. The van der Waals surface area contributed by atoms with Crippen LogP contribution in [0.3, 0.4) is 0 Å². The summed E-state index contributed by atoms with van der Waals surface area (Å²) in [4.78, 5) is 24.9. The average Bonchev–Trinajstić information content (AvgIpc) is 2.72. The fourth-order valence-electron chi connectivity index (χ4n) is 3.24. The smallest absolute Gasteiger partial charge is 0.309 e. The third-order valence-electron chi connectivity index (χ3n) is 4.11. The number of hydrogen-bond acceptors (Lipinski definition) is 2. The van der Waals surface area contributed by atoms with Crippen molar-refractivity contribution in [2.45, 2.75) is 57.5 Å². The number of hydrogen-bond donors (Lipinski definition) is 1.